The van der Waals surface area contributed by atoms with E-state index in [1.165, 1.54) is 6.08 Å². The Bertz CT molecular complexity index is 464. The Kier molecular flexibility index (Phi) is 3.20. The molecule has 0 unspecified atom stereocenters. The Morgan fingerprint density at radius 2 is 1.88 bits per heavy atom. The fraction of sp³-hybridized carbons (Fsp3) is 0.462. The molecule has 0 aromatic heterocycles. The summed E-state index contributed by atoms with van der Waals surface area (Å²) in [5.74, 6) is 0.215. The number of nitrogens with zero attached hydrogens (tertiary/aromatic N) is 1. The van der Waals surface area contributed by atoms with E-state index in [4.69, 9.17) is 0 Å². The summed E-state index contributed by atoms with van der Waals surface area (Å²) < 4.78 is 0. The number of aliphatic imine (C=N–C) groups is 1. The number of hydrogen-bond acceptors (Lipinski definition) is 3. The van der Waals surface area contributed by atoms with Crippen LogP contribution in [-0.2, 0) is 10.2 Å². The number of rotatable bonds is 1. The van der Waals surface area contributed by atoms with Crippen molar-refractivity contribution in [3.05, 3.63) is 22.8 Å². The molecule has 0 atom stereocenters. The number of phenols is 1. The highest BCUT2D eigenvalue weighted by atomic mass is 16.3. The third-order valence-electron chi connectivity index (χ3n) is 2.67. The quantitative estimate of drug-likeness (QED) is 0.582. The predicted octanol–water partition coefficient (Wildman–Crippen LogP) is 3.27. The van der Waals surface area contributed by atoms with Crippen LogP contribution in [0.2, 0.25) is 0 Å². The molecule has 3 heteroatoms. The van der Waals surface area contributed by atoms with Crippen LogP contribution in [0.15, 0.2) is 11.1 Å². The average Bonchev–Trinajstić information content (AvgIpc) is 2.16. The molecule has 0 spiro atoms. The monoisotopic (exact) mass is 219 g/mol. The zero-order chi connectivity index (χ0) is 12.5. The number of carbonyl (C=O) groups excluding carboxylic acids is 1. The molecule has 0 amide bonds. The van der Waals surface area contributed by atoms with E-state index in [1.807, 2.05) is 33.8 Å². The molecule has 0 aliphatic carbocycles. The summed E-state index contributed by atoms with van der Waals surface area (Å²) in [6, 6.07) is 1.87. The van der Waals surface area contributed by atoms with Gasteiger partial charge in [-0.15, -0.1) is 0 Å². The molecule has 0 aliphatic rings. The molecule has 0 saturated heterocycles. The van der Waals surface area contributed by atoms with E-state index < -0.39 is 0 Å². The van der Waals surface area contributed by atoms with E-state index in [0.29, 0.717) is 11.3 Å². The van der Waals surface area contributed by atoms with Gasteiger partial charge in [0.15, 0.2) is 0 Å². The lowest BCUT2D eigenvalue weighted by Crippen LogP contribution is -2.12. The molecule has 0 heterocycles. The number of aromatic hydroxyl groups is 1. The number of isocyanates is 1. The standard InChI is InChI=1S/C13H17NO2/c1-8-6-10(13(3,4)5)12(16)9(2)11(8)14-7-15/h6,16H,1-5H3. The molecular weight excluding hydrogens is 202 g/mol. The van der Waals surface area contributed by atoms with E-state index in [-0.39, 0.29) is 11.2 Å². The maximum atomic E-state index is 10.3. The molecule has 1 aromatic carbocycles. The van der Waals surface area contributed by atoms with Gasteiger partial charge in [0.1, 0.15) is 5.75 Å². The lowest BCUT2D eigenvalue weighted by Gasteiger charge is -2.23. The molecule has 0 radical (unpaired) electrons. The van der Waals surface area contributed by atoms with Crippen LogP contribution in [-0.4, -0.2) is 11.2 Å². The summed E-state index contributed by atoms with van der Waals surface area (Å²) in [6.45, 7) is 9.72. The second-order valence-corrected chi connectivity index (χ2v) is 5.02. The average molecular weight is 219 g/mol. The number of phenolic OH excluding ortho intramolecular Hbond substituents is 1. The molecule has 0 saturated carbocycles. The van der Waals surface area contributed by atoms with Gasteiger partial charge in [-0.3, -0.25) is 0 Å². The zero-order valence-corrected chi connectivity index (χ0v) is 10.4. The minimum atomic E-state index is -0.136. The lowest BCUT2D eigenvalue weighted by atomic mass is 9.84. The fourth-order valence-corrected chi connectivity index (χ4v) is 1.75. The number of hydrogen-bond donors (Lipinski definition) is 1. The van der Waals surface area contributed by atoms with Crippen LogP contribution in [0.5, 0.6) is 5.75 Å². The van der Waals surface area contributed by atoms with Gasteiger partial charge in [-0.05, 0) is 36.5 Å². The van der Waals surface area contributed by atoms with Crippen molar-refractivity contribution in [2.45, 2.75) is 40.0 Å². The largest absolute Gasteiger partial charge is 0.507 e. The van der Waals surface area contributed by atoms with Crippen molar-refractivity contribution in [1.82, 2.24) is 0 Å². The van der Waals surface area contributed by atoms with E-state index in [0.717, 1.165) is 11.1 Å². The zero-order valence-electron chi connectivity index (χ0n) is 10.4. The summed E-state index contributed by atoms with van der Waals surface area (Å²) in [5.41, 5.74) is 2.76. The molecule has 3 nitrogen and oxygen atoms in total. The van der Waals surface area contributed by atoms with E-state index >= 15 is 0 Å². The fourth-order valence-electron chi connectivity index (χ4n) is 1.75. The summed E-state index contributed by atoms with van der Waals surface area (Å²) >= 11 is 0. The molecule has 86 valence electrons. The smallest absolute Gasteiger partial charge is 0.240 e. The molecule has 16 heavy (non-hydrogen) atoms. The van der Waals surface area contributed by atoms with Crippen LogP contribution in [0.4, 0.5) is 5.69 Å². The van der Waals surface area contributed by atoms with Gasteiger partial charge in [0, 0.05) is 5.56 Å². The van der Waals surface area contributed by atoms with Crippen LogP contribution < -0.4 is 0 Å². The number of benzene rings is 1. The maximum absolute atomic E-state index is 10.3. The van der Waals surface area contributed by atoms with E-state index in [2.05, 4.69) is 4.99 Å². The highest BCUT2D eigenvalue weighted by molar-refractivity contribution is 5.65. The number of aryl methyl sites for hydroxylation is 1. The summed E-state index contributed by atoms with van der Waals surface area (Å²) in [4.78, 5) is 13.9. The third kappa shape index (κ3) is 2.15. The van der Waals surface area contributed by atoms with Crippen LogP contribution in [0.1, 0.15) is 37.5 Å². The first kappa shape index (κ1) is 12.5. The summed E-state index contributed by atoms with van der Waals surface area (Å²) in [7, 11) is 0. The van der Waals surface area contributed by atoms with Crippen molar-refractivity contribution in [1.29, 1.82) is 0 Å². The summed E-state index contributed by atoms with van der Waals surface area (Å²) in [5, 5.41) is 10.1. The third-order valence-corrected chi connectivity index (χ3v) is 2.67. The Hall–Kier alpha value is -1.60. The van der Waals surface area contributed by atoms with Gasteiger partial charge in [-0.2, -0.15) is 4.99 Å². The van der Waals surface area contributed by atoms with Crippen LogP contribution >= 0.6 is 0 Å². The summed E-state index contributed by atoms with van der Waals surface area (Å²) in [6.07, 6.45) is 1.51. The Morgan fingerprint density at radius 3 is 2.31 bits per heavy atom. The second kappa shape index (κ2) is 4.11. The van der Waals surface area contributed by atoms with Gasteiger partial charge in [0.25, 0.3) is 0 Å². The highest BCUT2D eigenvalue weighted by Crippen LogP contribution is 2.39. The second-order valence-electron chi connectivity index (χ2n) is 5.02. The van der Waals surface area contributed by atoms with Crippen molar-refractivity contribution in [3.63, 3.8) is 0 Å². The van der Waals surface area contributed by atoms with Crippen LogP contribution in [0.25, 0.3) is 0 Å². The van der Waals surface area contributed by atoms with Gasteiger partial charge in [0.2, 0.25) is 6.08 Å². The molecule has 0 bridgehead atoms. The molecule has 1 rings (SSSR count). The highest BCUT2D eigenvalue weighted by Gasteiger charge is 2.21. The first-order valence-electron chi connectivity index (χ1n) is 5.20. The molecule has 0 fully saturated rings. The van der Waals surface area contributed by atoms with Crippen molar-refractivity contribution in [2.75, 3.05) is 0 Å². The van der Waals surface area contributed by atoms with Crippen molar-refractivity contribution < 1.29 is 9.90 Å². The SMILES string of the molecule is Cc1cc(C(C)(C)C)c(O)c(C)c1N=C=O. The topological polar surface area (TPSA) is 49.7 Å². The van der Waals surface area contributed by atoms with Gasteiger partial charge >= 0.3 is 0 Å². The molecular formula is C13H17NO2. The van der Waals surface area contributed by atoms with Crippen molar-refractivity contribution in [2.24, 2.45) is 4.99 Å². The van der Waals surface area contributed by atoms with Crippen LogP contribution in [0.3, 0.4) is 0 Å². The minimum absolute atomic E-state index is 0.136. The molecule has 1 N–H and O–H groups in total. The molecule has 0 aliphatic heterocycles. The van der Waals surface area contributed by atoms with Gasteiger partial charge < -0.3 is 5.11 Å². The Labute approximate surface area is 95.8 Å². The van der Waals surface area contributed by atoms with Gasteiger partial charge in [-0.1, -0.05) is 20.8 Å². The van der Waals surface area contributed by atoms with E-state index in [1.54, 1.807) is 6.92 Å². The van der Waals surface area contributed by atoms with Crippen LogP contribution in [0, 0.1) is 13.8 Å². The maximum Gasteiger partial charge on any atom is 0.240 e. The lowest BCUT2D eigenvalue weighted by molar-refractivity contribution is 0.443. The van der Waals surface area contributed by atoms with Gasteiger partial charge in [0.05, 0.1) is 5.69 Å². The first-order valence-corrected chi connectivity index (χ1v) is 5.20. The van der Waals surface area contributed by atoms with Crippen molar-refractivity contribution >= 4 is 11.8 Å². The normalized spacial score (nSPS) is 11.1. The minimum Gasteiger partial charge on any atom is -0.507 e. The van der Waals surface area contributed by atoms with Crippen molar-refractivity contribution in [3.8, 4) is 5.75 Å². The predicted molar refractivity (Wildman–Crippen MR) is 64.1 cm³/mol. The first-order chi connectivity index (χ1) is 7.29. The Balaban J connectivity index is 3.57. The molecule has 1 aromatic rings. The van der Waals surface area contributed by atoms with E-state index in [9.17, 15) is 9.90 Å². The van der Waals surface area contributed by atoms with Gasteiger partial charge in [-0.25, -0.2) is 4.79 Å². The Morgan fingerprint density at radius 1 is 1.31 bits per heavy atom.